The quantitative estimate of drug-likeness (QED) is 0.252. The zero-order valence-corrected chi connectivity index (χ0v) is 8.68. The van der Waals surface area contributed by atoms with Gasteiger partial charge in [0, 0.05) is 0 Å². The van der Waals surface area contributed by atoms with Crippen LogP contribution in [0.4, 0.5) is 0 Å². The Hall–Kier alpha value is -0.790. The van der Waals surface area contributed by atoms with E-state index in [2.05, 4.69) is 4.58 Å². The van der Waals surface area contributed by atoms with E-state index < -0.39 is 0 Å². The number of hydrogen-bond acceptors (Lipinski definition) is 1. The molecule has 0 unspecified atom stereocenters. The van der Waals surface area contributed by atoms with Gasteiger partial charge in [-0.05, 0) is 44.9 Å². The molecule has 0 bridgehead atoms. The van der Waals surface area contributed by atoms with Crippen LogP contribution in [0.5, 0.6) is 0 Å². The van der Waals surface area contributed by atoms with E-state index in [-0.39, 0.29) is 0 Å². The van der Waals surface area contributed by atoms with Gasteiger partial charge >= 0.3 is 5.78 Å². The van der Waals surface area contributed by atoms with Gasteiger partial charge < -0.3 is 5.26 Å². The molecule has 0 aromatic heterocycles. The fourth-order valence-corrected chi connectivity index (χ4v) is 2.62. The van der Waals surface area contributed by atoms with Crippen LogP contribution in [-0.2, 0) is 4.58 Å². The molecule has 14 heavy (non-hydrogen) atoms. The van der Waals surface area contributed by atoms with Crippen LogP contribution in [0, 0.1) is 0 Å². The Labute approximate surface area is 85.3 Å². The highest BCUT2D eigenvalue weighted by molar-refractivity contribution is 5.96. The molecule has 2 saturated carbocycles. The van der Waals surface area contributed by atoms with Crippen molar-refractivity contribution in [1.29, 1.82) is 0 Å². The maximum absolute atomic E-state index is 10.6. The molecule has 0 aromatic carbocycles. The molecular weight excluding hydrogens is 176 g/mol. The van der Waals surface area contributed by atoms with Gasteiger partial charge in [0.1, 0.15) is 0 Å². The Kier molecular flexibility index (Phi) is 3.22. The van der Waals surface area contributed by atoms with Crippen LogP contribution >= 0.6 is 0 Å². The molecule has 2 rings (SSSR count). The number of ketones is 1. The van der Waals surface area contributed by atoms with E-state index in [1.165, 1.54) is 49.7 Å². The third kappa shape index (κ3) is 1.99. The van der Waals surface area contributed by atoms with Crippen molar-refractivity contribution in [3.05, 3.63) is 11.1 Å². The Balaban J connectivity index is 2.19. The number of hydrogen-bond donors (Lipinski definition) is 0. The molecule has 78 valence electrons. The summed E-state index contributed by atoms with van der Waals surface area (Å²) >= 11 is 0. The Morgan fingerprint density at radius 3 is 2.14 bits per heavy atom. The maximum atomic E-state index is 10.6. The highest BCUT2D eigenvalue weighted by atomic mass is 17.1. The molecule has 0 radical (unpaired) electrons. The smallest absolute Gasteiger partial charge is 0.355 e. The van der Waals surface area contributed by atoms with Gasteiger partial charge in [0.15, 0.2) is 0 Å². The lowest BCUT2D eigenvalue weighted by Gasteiger charge is -2.19. The van der Waals surface area contributed by atoms with Gasteiger partial charge in [-0.25, -0.2) is 0 Å². The highest BCUT2D eigenvalue weighted by Gasteiger charge is 2.26. The molecule has 2 aliphatic rings. The van der Waals surface area contributed by atoms with E-state index in [9.17, 15) is 5.26 Å². The molecular formula is C12H18O2. The second kappa shape index (κ2) is 4.63. The summed E-state index contributed by atoms with van der Waals surface area (Å²) in [6, 6.07) is 0. The highest BCUT2D eigenvalue weighted by Crippen LogP contribution is 2.31. The lowest BCUT2D eigenvalue weighted by molar-refractivity contribution is -1.05. The first kappa shape index (κ1) is 9.75. The van der Waals surface area contributed by atoms with Gasteiger partial charge in [-0.3, -0.25) is 0 Å². The number of rotatable bonds is 0. The topological polar surface area (TPSA) is 34.4 Å². The molecule has 0 aromatic rings. The minimum atomic E-state index is 0.744. The molecule has 2 nitrogen and oxygen atoms in total. The standard InChI is InChI=1S/C12H18O2/c13-14-12-9-5-4-8-11(12)10-6-2-1-3-7-10/h1-9H2. The van der Waals surface area contributed by atoms with Crippen molar-refractivity contribution in [1.82, 2.24) is 0 Å². The zero-order valence-electron chi connectivity index (χ0n) is 8.68. The van der Waals surface area contributed by atoms with Crippen LogP contribution in [0.2, 0.25) is 0 Å². The van der Waals surface area contributed by atoms with Gasteiger partial charge in [0.2, 0.25) is 0 Å². The van der Waals surface area contributed by atoms with Gasteiger partial charge in [-0.2, -0.15) is 4.58 Å². The first-order valence-corrected chi connectivity index (χ1v) is 5.79. The van der Waals surface area contributed by atoms with E-state index in [0.29, 0.717) is 0 Å². The van der Waals surface area contributed by atoms with E-state index in [4.69, 9.17) is 0 Å². The monoisotopic (exact) mass is 194 g/mol. The fourth-order valence-electron chi connectivity index (χ4n) is 2.62. The molecule has 2 aliphatic carbocycles. The summed E-state index contributed by atoms with van der Waals surface area (Å²) in [5, 5.41) is 10.6. The van der Waals surface area contributed by atoms with Crippen LogP contribution in [-0.4, -0.2) is 5.78 Å². The minimum absolute atomic E-state index is 0.744. The van der Waals surface area contributed by atoms with Gasteiger partial charge in [-0.15, -0.1) is 0 Å². The van der Waals surface area contributed by atoms with E-state index in [1.807, 2.05) is 0 Å². The van der Waals surface area contributed by atoms with Crippen LogP contribution < -0.4 is 5.26 Å². The van der Waals surface area contributed by atoms with Crippen molar-refractivity contribution >= 4 is 5.78 Å². The molecule has 0 amide bonds. The summed E-state index contributed by atoms with van der Waals surface area (Å²) in [6.45, 7) is 0. The molecule has 2 heteroatoms. The van der Waals surface area contributed by atoms with Gasteiger partial charge in [0.25, 0.3) is 0 Å². The largest absolute Gasteiger partial charge is 0.462 e. The van der Waals surface area contributed by atoms with Crippen molar-refractivity contribution in [2.24, 2.45) is 0 Å². The summed E-state index contributed by atoms with van der Waals surface area (Å²) < 4.78 is 4.27. The SMILES string of the molecule is [O-][O+]=C1CCCCC1=C1CCCCC1. The van der Waals surface area contributed by atoms with Crippen molar-refractivity contribution in [2.45, 2.75) is 57.8 Å². The van der Waals surface area contributed by atoms with Crippen LogP contribution in [0.15, 0.2) is 11.1 Å². The molecule has 0 spiro atoms. The molecule has 0 heterocycles. The van der Waals surface area contributed by atoms with E-state index in [1.54, 1.807) is 0 Å². The van der Waals surface area contributed by atoms with Crippen molar-refractivity contribution in [3.8, 4) is 0 Å². The van der Waals surface area contributed by atoms with E-state index in [0.717, 1.165) is 25.0 Å². The second-order valence-corrected chi connectivity index (χ2v) is 4.36. The first-order valence-electron chi connectivity index (χ1n) is 5.79. The van der Waals surface area contributed by atoms with Gasteiger partial charge in [0.05, 0.1) is 12.0 Å². The molecule has 0 atom stereocenters. The van der Waals surface area contributed by atoms with Crippen molar-refractivity contribution < 1.29 is 9.83 Å². The predicted molar refractivity (Wildman–Crippen MR) is 53.6 cm³/mol. The average Bonchev–Trinajstić information content (AvgIpc) is 2.30. The lowest BCUT2D eigenvalue weighted by Crippen LogP contribution is -2.18. The summed E-state index contributed by atoms with van der Waals surface area (Å²) in [4.78, 5) is 0. The molecule has 0 aliphatic heterocycles. The average molecular weight is 194 g/mol. The maximum Gasteiger partial charge on any atom is 0.355 e. The van der Waals surface area contributed by atoms with Crippen LogP contribution in [0.1, 0.15) is 57.8 Å². The third-order valence-electron chi connectivity index (χ3n) is 3.40. The fraction of sp³-hybridized carbons (Fsp3) is 0.750. The summed E-state index contributed by atoms with van der Waals surface area (Å²) in [5.74, 6) is 0.744. The zero-order chi connectivity index (χ0) is 9.80. The molecule has 0 saturated heterocycles. The molecule has 2 fully saturated rings. The summed E-state index contributed by atoms with van der Waals surface area (Å²) in [5.41, 5.74) is 2.80. The second-order valence-electron chi connectivity index (χ2n) is 4.36. The van der Waals surface area contributed by atoms with Crippen molar-refractivity contribution in [2.75, 3.05) is 0 Å². The third-order valence-corrected chi connectivity index (χ3v) is 3.40. The summed E-state index contributed by atoms with van der Waals surface area (Å²) in [7, 11) is 0. The Morgan fingerprint density at radius 2 is 1.43 bits per heavy atom. The normalized spacial score (nSPS) is 27.0. The Bertz CT molecular complexity index is 255. The van der Waals surface area contributed by atoms with E-state index >= 15 is 0 Å². The predicted octanol–water partition coefficient (Wildman–Crippen LogP) is 2.20. The number of carbonyl (C=O) groups excluding carboxylic acids is 1. The summed E-state index contributed by atoms with van der Waals surface area (Å²) in [6.07, 6.45) is 10.6. The molecule has 0 N–H and O–H groups in total. The minimum Gasteiger partial charge on any atom is -0.462 e. The van der Waals surface area contributed by atoms with Crippen molar-refractivity contribution in [3.63, 3.8) is 0 Å². The number of allylic oxidation sites excluding steroid dienone is 2. The first-order chi connectivity index (χ1) is 6.92. The van der Waals surface area contributed by atoms with Crippen LogP contribution in [0.3, 0.4) is 0 Å². The van der Waals surface area contributed by atoms with Gasteiger partial charge in [-0.1, -0.05) is 12.0 Å². The Morgan fingerprint density at radius 1 is 0.786 bits per heavy atom. The van der Waals surface area contributed by atoms with Crippen LogP contribution in [0.25, 0.3) is 0 Å². The lowest BCUT2D eigenvalue weighted by atomic mass is 9.84.